The molecule has 162 valence electrons. The lowest BCUT2D eigenvalue weighted by Crippen LogP contribution is -2.37. The van der Waals surface area contributed by atoms with E-state index >= 15 is 0 Å². The zero-order chi connectivity index (χ0) is 21.2. The molecule has 2 aromatic carbocycles. The molecule has 0 unspecified atom stereocenters. The second kappa shape index (κ2) is 12.8. The van der Waals surface area contributed by atoms with E-state index in [1.165, 1.54) is 31.4 Å². The van der Waals surface area contributed by atoms with E-state index in [0.29, 0.717) is 29.4 Å². The lowest BCUT2D eigenvalue weighted by atomic mass is 10.1. The number of methoxy groups -OCH3 is 1. The summed E-state index contributed by atoms with van der Waals surface area (Å²) in [5.41, 5.74) is 1.00. The lowest BCUT2D eigenvalue weighted by Gasteiger charge is -2.14. The molecule has 0 amide bonds. The quantitative estimate of drug-likeness (QED) is 0.302. The fourth-order valence-electron chi connectivity index (χ4n) is 2.46. The molecule has 0 fully saturated rings. The van der Waals surface area contributed by atoms with E-state index in [4.69, 9.17) is 10.00 Å². The Balaban J connectivity index is 0.00000450. The van der Waals surface area contributed by atoms with Crippen LogP contribution in [0.3, 0.4) is 0 Å². The molecule has 0 aliphatic carbocycles. The smallest absolute Gasteiger partial charge is 0.387 e. The number of nitrogens with one attached hydrogen (secondary N) is 2. The Morgan fingerprint density at radius 2 is 1.93 bits per heavy atom. The van der Waals surface area contributed by atoms with Crippen LogP contribution < -0.4 is 20.1 Å². The second-order valence-electron chi connectivity index (χ2n) is 5.82. The number of ether oxygens (including phenoxy) is 2. The summed E-state index contributed by atoms with van der Waals surface area (Å²) in [6, 6.07) is 10.5. The minimum absolute atomic E-state index is 0. The van der Waals surface area contributed by atoms with Crippen molar-refractivity contribution in [1.82, 2.24) is 10.6 Å². The number of rotatable bonds is 8. The molecule has 2 N–H and O–H groups in total. The van der Waals surface area contributed by atoms with Gasteiger partial charge in [0.05, 0.1) is 25.3 Å². The molecule has 0 radical (unpaired) electrons. The Kier molecular flexibility index (Phi) is 10.8. The van der Waals surface area contributed by atoms with Crippen LogP contribution in [0.2, 0.25) is 0 Å². The molecular weight excluding hydrogens is 512 g/mol. The molecule has 2 aromatic rings. The first kappa shape index (κ1) is 25.4. The van der Waals surface area contributed by atoms with E-state index in [9.17, 15) is 13.2 Å². The largest absolute Gasteiger partial charge is 0.497 e. The summed E-state index contributed by atoms with van der Waals surface area (Å²) in [5, 5.41) is 14.8. The molecule has 0 aliphatic heterocycles. The summed E-state index contributed by atoms with van der Waals surface area (Å²) >= 11 is 0. The van der Waals surface area contributed by atoms with Gasteiger partial charge >= 0.3 is 6.61 Å². The third-order valence-corrected chi connectivity index (χ3v) is 3.86. The van der Waals surface area contributed by atoms with Gasteiger partial charge in [0, 0.05) is 24.2 Å². The third-order valence-electron chi connectivity index (χ3n) is 3.86. The van der Waals surface area contributed by atoms with Crippen molar-refractivity contribution < 1.29 is 22.6 Å². The van der Waals surface area contributed by atoms with Crippen LogP contribution in [0, 0.1) is 17.1 Å². The highest BCUT2D eigenvalue weighted by atomic mass is 127. The van der Waals surface area contributed by atoms with Crippen molar-refractivity contribution in [2.75, 3.05) is 13.7 Å². The van der Waals surface area contributed by atoms with Crippen molar-refractivity contribution in [3.63, 3.8) is 0 Å². The molecule has 6 nitrogen and oxygen atoms in total. The third kappa shape index (κ3) is 7.62. The van der Waals surface area contributed by atoms with Crippen molar-refractivity contribution in [2.45, 2.75) is 26.6 Å². The molecule has 0 saturated carbocycles. The monoisotopic (exact) mass is 534 g/mol. The van der Waals surface area contributed by atoms with Crippen LogP contribution in [0.1, 0.15) is 23.6 Å². The first-order valence-electron chi connectivity index (χ1n) is 8.79. The van der Waals surface area contributed by atoms with Crippen molar-refractivity contribution in [1.29, 1.82) is 5.26 Å². The number of aliphatic imine (C=N–C) groups is 1. The highest BCUT2D eigenvalue weighted by molar-refractivity contribution is 14.0. The SMILES string of the molecule is CCNC(=NCc1cc(OC)ccc1OC(F)F)NCc1ccc(C#N)cc1F.I. The maximum Gasteiger partial charge on any atom is 0.387 e. The summed E-state index contributed by atoms with van der Waals surface area (Å²) in [4.78, 5) is 4.34. The summed E-state index contributed by atoms with van der Waals surface area (Å²) < 4.78 is 48.9. The zero-order valence-corrected chi connectivity index (χ0v) is 18.7. The van der Waals surface area contributed by atoms with Crippen LogP contribution >= 0.6 is 24.0 Å². The van der Waals surface area contributed by atoms with Gasteiger partial charge in [-0.3, -0.25) is 0 Å². The highest BCUT2D eigenvalue weighted by Crippen LogP contribution is 2.26. The molecule has 0 bridgehead atoms. The van der Waals surface area contributed by atoms with Gasteiger partial charge in [-0.05, 0) is 37.3 Å². The van der Waals surface area contributed by atoms with Gasteiger partial charge in [0.15, 0.2) is 5.96 Å². The topological polar surface area (TPSA) is 78.7 Å². The Hall–Kier alpha value is -2.68. The first-order valence-corrected chi connectivity index (χ1v) is 8.79. The van der Waals surface area contributed by atoms with Gasteiger partial charge in [0.1, 0.15) is 17.3 Å². The Morgan fingerprint density at radius 3 is 2.53 bits per heavy atom. The van der Waals surface area contributed by atoms with E-state index in [-0.39, 0.29) is 48.4 Å². The van der Waals surface area contributed by atoms with Gasteiger partial charge in [-0.25, -0.2) is 9.38 Å². The number of nitrogens with zero attached hydrogens (tertiary/aromatic N) is 2. The molecule has 30 heavy (non-hydrogen) atoms. The predicted octanol–water partition coefficient (Wildman–Crippen LogP) is 4.18. The Morgan fingerprint density at radius 1 is 1.17 bits per heavy atom. The van der Waals surface area contributed by atoms with Crippen molar-refractivity contribution in [3.05, 3.63) is 58.9 Å². The van der Waals surface area contributed by atoms with Gasteiger partial charge in [-0.2, -0.15) is 14.0 Å². The molecule has 0 aromatic heterocycles. The van der Waals surface area contributed by atoms with Crippen LogP contribution in [-0.2, 0) is 13.1 Å². The maximum atomic E-state index is 14.0. The summed E-state index contributed by atoms with van der Waals surface area (Å²) in [5.74, 6) is 0.336. The van der Waals surface area contributed by atoms with Crippen molar-refractivity contribution in [2.24, 2.45) is 4.99 Å². The van der Waals surface area contributed by atoms with E-state index < -0.39 is 12.4 Å². The molecular formula is C20H22F3IN4O2. The minimum atomic E-state index is -2.96. The zero-order valence-electron chi connectivity index (χ0n) is 16.4. The lowest BCUT2D eigenvalue weighted by molar-refractivity contribution is -0.0504. The van der Waals surface area contributed by atoms with Crippen LogP contribution in [0.4, 0.5) is 13.2 Å². The number of hydrogen-bond acceptors (Lipinski definition) is 4. The fourth-order valence-corrected chi connectivity index (χ4v) is 2.46. The average molecular weight is 534 g/mol. The number of hydrogen-bond donors (Lipinski definition) is 2. The van der Waals surface area contributed by atoms with Crippen molar-refractivity contribution >= 4 is 29.9 Å². The van der Waals surface area contributed by atoms with Gasteiger partial charge in [-0.15, -0.1) is 24.0 Å². The Labute approximate surface area is 190 Å². The van der Waals surface area contributed by atoms with Crippen LogP contribution in [0.5, 0.6) is 11.5 Å². The summed E-state index contributed by atoms with van der Waals surface area (Å²) in [6.45, 7) is -0.403. The second-order valence-corrected chi connectivity index (χ2v) is 5.82. The van der Waals surface area contributed by atoms with E-state index in [1.54, 1.807) is 6.07 Å². The molecule has 2 rings (SSSR count). The Bertz CT molecular complexity index is 904. The summed E-state index contributed by atoms with van der Waals surface area (Å²) in [7, 11) is 1.47. The normalized spacial score (nSPS) is 10.8. The molecule has 0 spiro atoms. The fraction of sp³-hybridized carbons (Fsp3) is 0.300. The van der Waals surface area contributed by atoms with Gasteiger partial charge in [-0.1, -0.05) is 6.07 Å². The van der Waals surface area contributed by atoms with E-state index in [1.807, 2.05) is 13.0 Å². The molecule has 0 saturated heterocycles. The highest BCUT2D eigenvalue weighted by Gasteiger charge is 2.11. The number of benzene rings is 2. The van der Waals surface area contributed by atoms with Gasteiger partial charge < -0.3 is 20.1 Å². The minimum Gasteiger partial charge on any atom is -0.497 e. The number of alkyl halides is 2. The van der Waals surface area contributed by atoms with Crippen LogP contribution in [-0.4, -0.2) is 26.2 Å². The number of halogens is 4. The van der Waals surface area contributed by atoms with Gasteiger partial charge in [0.2, 0.25) is 0 Å². The maximum absolute atomic E-state index is 14.0. The number of guanidine groups is 1. The number of nitriles is 1. The standard InChI is InChI=1S/C20H21F3N4O2.HI/c1-3-25-20(26-11-14-5-4-13(10-24)8-17(14)21)27-12-15-9-16(28-2)6-7-18(15)29-19(22)23;/h4-9,19H,3,11-12H2,1-2H3,(H2,25,26,27);1H. The molecule has 0 aliphatic rings. The average Bonchev–Trinajstić information content (AvgIpc) is 2.71. The van der Waals surface area contributed by atoms with Gasteiger partial charge in [0.25, 0.3) is 0 Å². The van der Waals surface area contributed by atoms with Crippen LogP contribution in [0.25, 0.3) is 0 Å². The predicted molar refractivity (Wildman–Crippen MR) is 118 cm³/mol. The van der Waals surface area contributed by atoms with Crippen molar-refractivity contribution in [3.8, 4) is 17.6 Å². The molecule has 0 atom stereocenters. The van der Waals surface area contributed by atoms with Crippen LogP contribution in [0.15, 0.2) is 41.4 Å². The summed E-state index contributed by atoms with van der Waals surface area (Å²) in [6.07, 6.45) is 0. The van der Waals surface area contributed by atoms with E-state index in [0.717, 1.165) is 6.07 Å². The molecule has 0 heterocycles. The van der Waals surface area contributed by atoms with E-state index in [2.05, 4.69) is 20.4 Å². The first-order chi connectivity index (χ1) is 14.0. The molecule has 10 heteroatoms.